The molecule has 1 fully saturated rings. The van der Waals surface area contributed by atoms with Crippen LogP contribution in [-0.4, -0.2) is 27.1 Å². The van der Waals surface area contributed by atoms with Gasteiger partial charge < -0.3 is 9.88 Å². The van der Waals surface area contributed by atoms with E-state index in [1.807, 2.05) is 11.8 Å². The minimum atomic E-state index is 0.404. The second kappa shape index (κ2) is 4.37. The van der Waals surface area contributed by atoms with Crippen LogP contribution in [0.2, 0.25) is 0 Å². The molecule has 0 amide bonds. The summed E-state index contributed by atoms with van der Waals surface area (Å²) in [6, 6.07) is 0.404. The van der Waals surface area contributed by atoms with Crippen molar-refractivity contribution in [2.24, 2.45) is 0 Å². The van der Waals surface area contributed by atoms with E-state index in [2.05, 4.69) is 27.0 Å². The molecule has 3 rings (SSSR count). The Hall–Kier alpha value is -0.550. The number of rotatable bonds is 2. The van der Waals surface area contributed by atoms with Crippen LogP contribution in [0, 0.1) is 0 Å². The van der Waals surface area contributed by atoms with Crippen molar-refractivity contribution in [3.05, 3.63) is 11.6 Å². The molecule has 0 aromatic carbocycles. The van der Waals surface area contributed by atoms with E-state index in [1.54, 1.807) is 0 Å². The quantitative estimate of drug-likeness (QED) is 0.854. The lowest BCUT2D eigenvalue weighted by molar-refractivity contribution is 0.399. The van der Waals surface area contributed by atoms with Crippen molar-refractivity contribution in [1.82, 2.24) is 20.1 Å². The highest BCUT2D eigenvalue weighted by Crippen LogP contribution is 2.39. The van der Waals surface area contributed by atoms with E-state index in [0.29, 0.717) is 11.3 Å². The highest BCUT2D eigenvalue weighted by molar-refractivity contribution is 7.99. The molecule has 0 aliphatic carbocycles. The first kappa shape index (κ1) is 10.6. The maximum absolute atomic E-state index is 4.43. The van der Waals surface area contributed by atoms with Crippen molar-refractivity contribution in [3.63, 3.8) is 0 Å². The van der Waals surface area contributed by atoms with Gasteiger partial charge in [-0.2, -0.15) is 11.8 Å². The summed E-state index contributed by atoms with van der Waals surface area (Å²) in [5, 5.41) is 12.9. The van der Waals surface area contributed by atoms with Crippen molar-refractivity contribution in [3.8, 4) is 0 Å². The molecule has 2 atom stereocenters. The summed E-state index contributed by atoms with van der Waals surface area (Å²) >= 11 is 2.04. The molecular weight excluding hydrogens is 220 g/mol. The van der Waals surface area contributed by atoms with Crippen LogP contribution in [0.3, 0.4) is 0 Å². The summed E-state index contributed by atoms with van der Waals surface area (Å²) in [4.78, 5) is 0. The molecule has 2 unspecified atom stereocenters. The second-order valence-corrected chi connectivity index (χ2v) is 5.80. The normalized spacial score (nSPS) is 29.3. The lowest BCUT2D eigenvalue weighted by Crippen LogP contribution is -2.34. The summed E-state index contributed by atoms with van der Waals surface area (Å²) in [6.45, 7) is 4.28. The number of nitrogens with one attached hydrogen (secondary N) is 1. The van der Waals surface area contributed by atoms with Gasteiger partial charge in [0.25, 0.3) is 0 Å². The number of hydrogen-bond acceptors (Lipinski definition) is 4. The van der Waals surface area contributed by atoms with Gasteiger partial charge in [0.1, 0.15) is 11.6 Å². The van der Waals surface area contributed by atoms with E-state index in [4.69, 9.17) is 0 Å². The van der Waals surface area contributed by atoms with Gasteiger partial charge in [0.15, 0.2) is 0 Å². The highest BCUT2D eigenvalue weighted by Gasteiger charge is 2.29. The Morgan fingerprint density at radius 1 is 1.44 bits per heavy atom. The topological polar surface area (TPSA) is 42.7 Å². The monoisotopic (exact) mass is 238 g/mol. The summed E-state index contributed by atoms with van der Waals surface area (Å²) < 4.78 is 2.35. The van der Waals surface area contributed by atoms with Gasteiger partial charge >= 0.3 is 0 Å². The number of fused-ring (bicyclic) bond motifs is 1. The highest BCUT2D eigenvalue weighted by atomic mass is 32.2. The fourth-order valence-corrected chi connectivity index (χ4v) is 3.88. The van der Waals surface area contributed by atoms with Crippen LogP contribution in [0.15, 0.2) is 0 Å². The van der Waals surface area contributed by atoms with E-state index in [9.17, 15) is 0 Å². The van der Waals surface area contributed by atoms with E-state index in [1.165, 1.54) is 24.4 Å². The van der Waals surface area contributed by atoms with Crippen LogP contribution < -0.4 is 5.32 Å². The van der Waals surface area contributed by atoms with Gasteiger partial charge in [-0.3, -0.25) is 0 Å². The lowest BCUT2D eigenvalue weighted by Gasteiger charge is -2.24. The standard InChI is InChI=1S/C11H18N4S/c1-2-8-10-13-14-11(9-4-3-7-16-9)15(10)6-5-12-8/h8-9,12H,2-7H2,1H3. The Morgan fingerprint density at radius 3 is 3.06 bits per heavy atom. The predicted molar refractivity (Wildman–Crippen MR) is 65.5 cm³/mol. The van der Waals surface area contributed by atoms with Crippen molar-refractivity contribution in [2.75, 3.05) is 12.3 Å². The summed E-state index contributed by atoms with van der Waals surface area (Å²) in [7, 11) is 0. The number of hydrogen-bond donors (Lipinski definition) is 1. The molecule has 4 nitrogen and oxygen atoms in total. The Morgan fingerprint density at radius 2 is 2.31 bits per heavy atom. The Kier molecular flexibility index (Phi) is 2.90. The SMILES string of the molecule is CCC1NCCn2c1nnc2C1CCCS1. The van der Waals surface area contributed by atoms with Crippen molar-refractivity contribution >= 4 is 11.8 Å². The second-order valence-electron chi connectivity index (χ2n) is 4.48. The van der Waals surface area contributed by atoms with Crippen molar-refractivity contribution < 1.29 is 0 Å². The molecule has 3 heterocycles. The zero-order chi connectivity index (χ0) is 11.0. The van der Waals surface area contributed by atoms with Gasteiger partial charge in [0.05, 0.1) is 11.3 Å². The minimum Gasteiger partial charge on any atom is -0.311 e. The predicted octanol–water partition coefficient (Wildman–Crippen LogP) is 1.90. The largest absolute Gasteiger partial charge is 0.311 e. The molecule has 1 aromatic heterocycles. The van der Waals surface area contributed by atoms with Gasteiger partial charge in [-0.1, -0.05) is 6.92 Å². The smallest absolute Gasteiger partial charge is 0.150 e. The Labute approximate surface area is 100 Å². The summed E-state index contributed by atoms with van der Waals surface area (Å²) in [5.41, 5.74) is 0. The van der Waals surface area contributed by atoms with Crippen LogP contribution in [0.4, 0.5) is 0 Å². The molecule has 1 saturated heterocycles. The number of nitrogens with zero attached hydrogens (tertiary/aromatic N) is 3. The van der Waals surface area contributed by atoms with E-state index < -0.39 is 0 Å². The molecule has 0 spiro atoms. The fraction of sp³-hybridized carbons (Fsp3) is 0.818. The molecular formula is C11H18N4S. The molecule has 2 aliphatic heterocycles. The molecule has 1 aromatic rings. The average Bonchev–Trinajstić information content (AvgIpc) is 2.96. The van der Waals surface area contributed by atoms with Crippen LogP contribution in [-0.2, 0) is 6.54 Å². The molecule has 5 heteroatoms. The lowest BCUT2D eigenvalue weighted by atomic mass is 10.1. The number of thioether (sulfide) groups is 1. The van der Waals surface area contributed by atoms with Crippen molar-refractivity contribution in [1.29, 1.82) is 0 Å². The molecule has 0 bridgehead atoms. The molecule has 1 N–H and O–H groups in total. The zero-order valence-corrected chi connectivity index (χ0v) is 10.5. The van der Waals surface area contributed by atoms with Crippen LogP contribution >= 0.6 is 11.8 Å². The third-order valence-corrected chi connectivity index (χ3v) is 4.85. The van der Waals surface area contributed by atoms with Crippen LogP contribution in [0.1, 0.15) is 49.1 Å². The molecule has 16 heavy (non-hydrogen) atoms. The minimum absolute atomic E-state index is 0.404. The van der Waals surface area contributed by atoms with Gasteiger partial charge in [-0.05, 0) is 25.0 Å². The van der Waals surface area contributed by atoms with E-state index in [-0.39, 0.29) is 0 Å². The number of aromatic nitrogens is 3. The first-order valence-electron chi connectivity index (χ1n) is 6.18. The Bertz CT molecular complexity index is 370. The molecule has 0 saturated carbocycles. The maximum Gasteiger partial charge on any atom is 0.150 e. The third kappa shape index (κ3) is 1.66. The Balaban J connectivity index is 1.93. The fourth-order valence-electron chi connectivity index (χ4n) is 2.60. The average molecular weight is 238 g/mol. The van der Waals surface area contributed by atoms with Gasteiger partial charge in [-0.25, -0.2) is 0 Å². The first-order chi connectivity index (χ1) is 7.90. The van der Waals surface area contributed by atoms with Crippen molar-refractivity contribution in [2.45, 2.75) is 44.0 Å². The molecule has 2 aliphatic rings. The summed E-state index contributed by atoms with van der Waals surface area (Å²) in [6.07, 6.45) is 3.69. The molecule has 88 valence electrons. The van der Waals surface area contributed by atoms with E-state index in [0.717, 1.165) is 25.3 Å². The van der Waals surface area contributed by atoms with E-state index >= 15 is 0 Å². The molecule has 0 radical (unpaired) electrons. The van der Waals surface area contributed by atoms with Gasteiger partial charge in [0, 0.05) is 13.1 Å². The van der Waals surface area contributed by atoms with Crippen LogP contribution in [0.25, 0.3) is 0 Å². The first-order valence-corrected chi connectivity index (χ1v) is 7.23. The maximum atomic E-state index is 4.43. The zero-order valence-electron chi connectivity index (χ0n) is 9.65. The third-order valence-electron chi connectivity index (χ3n) is 3.47. The van der Waals surface area contributed by atoms with Crippen LogP contribution in [0.5, 0.6) is 0 Å². The van der Waals surface area contributed by atoms with Gasteiger partial charge in [-0.15, -0.1) is 10.2 Å². The van der Waals surface area contributed by atoms with Gasteiger partial charge in [0.2, 0.25) is 0 Å². The summed E-state index contributed by atoms with van der Waals surface area (Å²) in [5.74, 6) is 3.65.